The molecule has 6 heteroatoms. The van der Waals surface area contributed by atoms with E-state index in [1.807, 2.05) is 13.8 Å². The zero-order valence-electron chi connectivity index (χ0n) is 10.6. The van der Waals surface area contributed by atoms with Crippen LogP contribution in [0.3, 0.4) is 0 Å². The van der Waals surface area contributed by atoms with Gasteiger partial charge in [-0.1, -0.05) is 0 Å². The lowest BCUT2D eigenvalue weighted by Crippen LogP contribution is -2.10. The Labute approximate surface area is 105 Å². The van der Waals surface area contributed by atoms with Gasteiger partial charge in [-0.05, 0) is 20.3 Å². The largest absolute Gasteiger partial charge is 0.370 e. The van der Waals surface area contributed by atoms with Gasteiger partial charge in [-0.15, -0.1) is 0 Å². The van der Waals surface area contributed by atoms with E-state index in [2.05, 4.69) is 20.6 Å². The highest BCUT2D eigenvalue weighted by atomic mass is 32.2. The molecule has 0 aliphatic rings. The molecule has 2 N–H and O–H groups in total. The molecular formula is C11H20N4OS. The van der Waals surface area contributed by atoms with Crippen LogP contribution < -0.4 is 10.6 Å². The van der Waals surface area contributed by atoms with Crippen molar-refractivity contribution in [3.05, 3.63) is 11.9 Å². The van der Waals surface area contributed by atoms with Gasteiger partial charge in [-0.3, -0.25) is 4.21 Å². The van der Waals surface area contributed by atoms with Crippen molar-refractivity contribution in [2.75, 3.05) is 35.7 Å². The van der Waals surface area contributed by atoms with Crippen LogP contribution in [-0.4, -0.2) is 39.3 Å². The van der Waals surface area contributed by atoms with E-state index < -0.39 is 10.8 Å². The lowest BCUT2D eigenvalue weighted by Gasteiger charge is -2.11. The molecule has 1 unspecified atom stereocenters. The summed E-state index contributed by atoms with van der Waals surface area (Å²) in [6.07, 6.45) is 4.15. The van der Waals surface area contributed by atoms with E-state index in [4.69, 9.17) is 0 Å². The average molecular weight is 256 g/mol. The van der Waals surface area contributed by atoms with E-state index in [0.29, 0.717) is 0 Å². The number of hydrogen-bond acceptors (Lipinski definition) is 5. The van der Waals surface area contributed by atoms with Crippen LogP contribution in [0.5, 0.6) is 0 Å². The standard InChI is InChI=1S/C11H20N4OS/c1-4-12-10-9(2)11(15-8-14-10)13-6-5-7-17(3)16/h8H,4-7H2,1-3H3,(H2,12,13,14,15). The van der Waals surface area contributed by atoms with Crippen molar-refractivity contribution in [3.8, 4) is 0 Å². The van der Waals surface area contributed by atoms with Crippen molar-refractivity contribution in [1.29, 1.82) is 0 Å². The SMILES string of the molecule is CCNc1ncnc(NCCCS(C)=O)c1C. The molecule has 0 aliphatic heterocycles. The highest BCUT2D eigenvalue weighted by Crippen LogP contribution is 2.17. The molecular weight excluding hydrogens is 236 g/mol. The van der Waals surface area contributed by atoms with Gasteiger partial charge >= 0.3 is 0 Å². The molecule has 0 radical (unpaired) electrons. The molecule has 0 spiro atoms. The molecule has 1 heterocycles. The fourth-order valence-corrected chi connectivity index (χ4v) is 2.01. The molecule has 1 aromatic heterocycles. The summed E-state index contributed by atoms with van der Waals surface area (Å²) in [7, 11) is -0.721. The Bertz CT molecular complexity index is 384. The van der Waals surface area contributed by atoms with Crippen molar-refractivity contribution in [2.24, 2.45) is 0 Å². The summed E-state index contributed by atoms with van der Waals surface area (Å²) in [6.45, 7) is 5.64. The van der Waals surface area contributed by atoms with Crippen molar-refractivity contribution in [3.63, 3.8) is 0 Å². The van der Waals surface area contributed by atoms with Crippen molar-refractivity contribution >= 4 is 22.4 Å². The molecule has 0 bridgehead atoms. The van der Waals surface area contributed by atoms with E-state index in [1.54, 1.807) is 12.6 Å². The first-order valence-corrected chi connectivity index (χ1v) is 7.47. The van der Waals surface area contributed by atoms with Crippen LogP contribution in [0, 0.1) is 6.92 Å². The number of aromatic nitrogens is 2. The van der Waals surface area contributed by atoms with Crippen molar-refractivity contribution in [2.45, 2.75) is 20.3 Å². The number of hydrogen-bond donors (Lipinski definition) is 2. The van der Waals surface area contributed by atoms with Gasteiger partial charge in [0.05, 0.1) is 0 Å². The second kappa shape index (κ2) is 7.21. The minimum atomic E-state index is -0.721. The molecule has 0 fully saturated rings. The Hall–Kier alpha value is -1.17. The van der Waals surface area contributed by atoms with Crippen LogP contribution in [0.15, 0.2) is 6.33 Å². The summed E-state index contributed by atoms with van der Waals surface area (Å²) in [5.74, 6) is 2.43. The normalized spacial score (nSPS) is 12.2. The van der Waals surface area contributed by atoms with Gasteiger partial charge in [-0.2, -0.15) is 0 Å². The van der Waals surface area contributed by atoms with Crippen LogP contribution in [0.1, 0.15) is 18.9 Å². The van der Waals surface area contributed by atoms with Crippen LogP contribution in [0.4, 0.5) is 11.6 Å². The molecule has 0 aromatic carbocycles. The smallest absolute Gasteiger partial charge is 0.134 e. The fraction of sp³-hybridized carbons (Fsp3) is 0.636. The van der Waals surface area contributed by atoms with Crippen LogP contribution >= 0.6 is 0 Å². The minimum Gasteiger partial charge on any atom is -0.370 e. The number of rotatable bonds is 7. The third kappa shape index (κ3) is 4.68. The highest BCUT2D eigenvalue weighted by Gasteiger charge is 2.05. The van der Waals surface area contributed by atoms with Gasteiger partial charge < -0.3 is 10.6 Å². The summed E-state index contributed by atoms with van der Waals surface area (Å²) in [5, 5.41) is 6.43. The number of nitrogens with zero attached hydrogens (tertiary/aromatic N) is 2. The zero-order valence-corrected chi connectivity index (χ0v) is 11.4. The average Bonchev–Trinajstić information content (AvgIpc) is 2.29. The molecule has 0 aliphatic carbocycles. The Morgan fingerprint density at radius 3 is 2.53 bits per heavy atom. The third-order valence-electron chi connectivity index (χ3n) is 2.33. The Morgan fingerprint density at radius 2 is 1.94 bits per heavy atom. The van der Waals surface area contributed by atoms with Crippen molar-refractivity contribution in [1.82, 2.24) is 9.97 Å². The topological polar surface area (TPSA) is 66.9 Å². The first kappa shape index (κ1) is 13.9. The highest BCUT2D eigenvalue weighted by molar-refractivity contribution is 7.84. The predicted molar refractivity (Wildman–Crippen MR) is 73.0 cm³/mol. The van der Waals surface area contributed by atoms with Gasteiger partial charge in [0.15, 0.2) is 0 Å². The van der Waals surface area contributed by atoms with Gasteiger partial charge in [-0.25, -0.2) is 9.97 Å². The summed E-state index contributed by atoms with van der Waals surface area (Å²) in [6, 6.07) is 0. The summed E-state index contributed by atoms with van der Waals surface area (Å²) in [4.78, 5) is 8.37. The second-order valence-electron chi connectivity index (χ2n) is 3.78. The molecule has 5 nitrogen and oxygen atoms in total. The molecule has 1 atom stereocenters. The van der Waals surface area contributed by atoms with E-state index in [9.17, 15) is 4.21 Å². The maximum absolute atomic E-state index is 10.9. The molecule has 17 heavy (non-hydrogen) atoms. The maximum Gasteiger partial charge on any atom is 0.134 e. The number of nitrogens with one attached hydrogen (secondary N) is 2. The maximum atomic E-state index is 10.9. The van der Waals surface area contributed by atoms with Crippen LogP contribution in [0.2, 0.25) is 0 Å². The van der Waals surface area contributed by atoms with E-state index in [1.165, 1.54) is 0 Å². The number of anilines is 2. The van der Waals surface area contributed by atoms with Gasteiger partial charge in [0, 0.05) is 41.5 Å². The molecule has 1 aromatic rings. The lowest BCUT2D eigenvalue weighted by atomic mass is 10.3. The van der Waals surface area contributed by atoms with Gasteiger partial charge in [0.1, 0.15) is 18.0 Å². The second-order valence-corrected chi connectivity index (χ2v) is 5.34. The Balaban J connectivity index is 2.53. The molecule has 1 rings (SSSR count). The fourth-order valence-electron chi connectivity index (χ4n) is 1.46. The molecule has 96 valence electrons. The lowest BCUT2D eigenvalue weighted by molar-refractivity contribution is 0.685. The first-order valence-electron chi connectivity index (χ1n) is 5.74. The quantitative estimate of drug-likeness (QED) is 0.722. The first-order chi connectivity index (χ1) is 8.15. The predicted octanol–water partition coefficient (Wildman–Crippen LogP) is 1.40. The molecule has 0 saturated heterocycles. The van der Waals surface area contributed by atoms with Crippen LogP contribution in [0.25, 0.3) is 0 Å². The van der Waals surface area contributed by atoms with Crippen molar-refractivity contribution < 1.29 is 4.21 Å². The van der Waals surface area contributed by atoms with E-state index in [0.717, 1.165) is 42.5 Å². The Morgan fingerprint density at radius 1 is 1.29 bits per heavy atom. The monoisotopic (exact) mass is 256 g/mol. The van der Waals surface area contributed by atoms with Gasteiger partial charge in [0.2, 0.25) is 0 Å². The van der Waals surface area contributed by atoms with E-state index in [-0.39, 0.29) is 0 Å². The summed E-state index contributed by atoms with van der Waals surface area (Å²) < 4.78 is 10.9. The molecule has 0 amide bonds. The molecule has 0 saturated carbocycles. The van der Waals surface area contributed by atoms with E-state index >= 15 is 0 Å². The summed E-state index contributed by atoms with van der Waals surface area (Å²) in [5.41, 5.74) is 1.02. The van der Waals surface area contributed by atoms with Crippen LogP contribution in [-0.2, 0) is 10.8 Å². The summed E-state index contributed by atoms with van der Waals surface area (Å²) >= 11 is 0. The zero-order chi connectivity index (χ0) is 12.7. The Kier molecular flexibility index (Phi) is 5.90. The minimum absolute atomic E-state index is 0.719. The third-order valence-corrected chi connectivity index (χ3v) is 3.19. The van der Waals surface area contributed by atoms with Gasteiger partial charge in [0.25, 0.3) is 0 Å².